The molecule has 1 aromatic rings. The van der Waals surface area contributed by atoms with Crippen LogP contribution >= 0.6 is 11.8 Å². The van der Waals surface area contributed by atoms with Gasteiger partial charge in [-0.2, -0.15) is 0 Å². The summed E-state index contributed by atoms with van der Waals surface area (Å²) in [7, 11) is 0. The fourth-order valence-corrected chi connectivity index (χ4v) is 3.11. The zero-order valence-electron chi connectivity index (χ0n) is 11.7. The van der Waals surface area contributed by atoms with Crippen molar-refractivity contribution in [2.75, 3.05) is 12.4 Å². The fourth-order valence-electron chi connectivity index (χ4n) is 2.14. The Kier molecular flexibility index (Phi) is 4.75. The van der Waals surface area contributed by atoms with Crippen LogP contribution in [0.25, 0.3) is 0 Å². The molecule has 1 aliphatic heterocycles. The number of rotatable bonds is 5. The van der Waals surface area contributed by atoms with Gasteiger partial charge in [-0.1, -0.05) is 37.2 Å². The Morgan fingerprint density at radius 2 is 2.11 bits per heavy atom. The van der Waals surface area contributed by atoms with Gasteiger partial charge in [0.05, 0.1) is 12.1 Å². The predicted octanol–water partition coefficient (Wildman–Crippen LogP) is 3.53. The summed E-state index contributed by atoms with van der Waals surface area (Å²) in [6.45, 7) is 5.10. The van der Waals surface area contributed by atoms with Crippen LogP contribution in [0.5, 0.6) is 5.75 Å². The number of ether oxygens (including phenoxy) is 1. The molecule has 0 aliphatic carbocycles. The minimum Gasteiger partial charge on any atom is -0.494 e. The molecular formula is C15H22N2OS. The lowest BCUT2D eigenvalue weighted by Gasteiger charge is -2.29. The van der Waals surface area contributed by atoms with E-state index in [0.717, 1.165) is 37.4 Å². The average Bonchev–Trinajstić information content (AvgIpc) is 2.39. The number of aliphatic imine (C=N–C) groups is 1. The number of nitrogens with zero attached hydrogens (tertiary/aromatic N) is 1. The van der Waals surface area contributed by atoms with E-state index in [9.17, 15) is 0 Å². The van der Waals surface area contributed by atoms with Crippen molar-refractivity contribution in [1.82, 2.24) is 0 Å². The molecule has 104 valence electrons. The van der Waals surface area contributed by atoms with E-state index in [-0.39, 0.29) is 5.54 Å². The Bertz CT molecular complexity index is 444. The Labute approximate surface area is 119 Å². The minimum atomic E-state index is -0.183. The molecule has 1 aliphatic rings. The van der Waals surface area contributed by atoms with Crippen molar-refractivity contribution in [1.29, 1.82) is 0 Å². The van der Waals surface area contributed by atoms with Gasteiger partial charge in [-0.15, -0.1) is 0 Å². The van der Waals surface area contributed by atoms with Crippen LogP contribution in [0.3, 0.4) is 0 Å². The molecule has 19 heavy (non-hydrogen) atoms. The molecule has 0 amide bonds. The normalized spacial score (nSPS) is 22.9. The highest BCUT2D eigenvalue weighted by Gasteiger charge is 2.29. The summed E-state index contributed by atoms with van der Waals surface area (Å²) in [5, 5.41) is 0.692. The summed E-state index contributed by atoms with van der Waals surface area (Å²) in [5.41, 5.74) is 6.87. The third-order valence-electron chi connectivity index (χ3n) is 3.44. The first-order chi connectivity index (χ1) is 9.14. The summed E-state index contributed by atoms with van der Waals surface area (Å²) < 4.78 is 5.68. The van der Waals surface area contributed by atoms with Gasteiger partial charge < -0.3 is 10.5 Å². The summed E-state index contributed by atoms with van der Waals surface area (Å²) in [6.07, 6.45) is 3.27. The van der Waals surface area contributed by atoms with E-state index in [0.29, 0.717) is 5.17 Å². The predicted molar refractivity (Wildman–Crippen MR) is 82.9 cm³/mol. The first kappa shape index (κ1) is 14.3. The van der Waals surface area contributed by atoms with Gasteiger partial charge in [0.2, 0.25) is 0 Å². The lowest BCUT2D eigenvalue weighted by atomic mass is 9.90. The van der Waals surface area contributed by atoms with Crippen LogP contribution in [0, 0.1) is 0 Å². The highest BCUT2D eigenvalue weighted by atomic mass is 32.2. The van der Waals surface area contributed by atoms with Crippen LogP contribution in [0.15, 0.2) is 29.3 Å². The molecule has 0 saturated heterocycles. The topological polar surface area (TPSA) is 47.6 Å². The molecular weight excluding hydrogens is 256 g/mol. The molecule has 0 saturated carbocycles. The van der Waals surface area contributed by atoms with Crippen molar-refractivity contribution in [3.05, 3.63) is 29.8 Å². The molecule has 0 spiro atoms. The van der Waals surface area contributed by atoms with Crippen molar-refractivity contribution < 1.29 is 4.74 Å². The van der Waals surface area contributed by atoms with Gasteiger partial charge in [0.1, 0.15) is 5.75 Å². The lowest BCUT2D eigenvalue weighted by molar-refractivity contribution is 0.309. The van der Waals surface area contributed by atoms with Gasteiger partial charge in [0.15, 0.2) is 5.17 Å². The Morgan fingerprint density at radius 3 is 2.74 bits per heavy atom. The van der Waals surface area contributed by atoms with Crippen LogP contribution in [0.2, 0.25) is 0 Å². The van der Waals surface area contributed by atoms with Crippen molar-refractivity contribution in [2.45, 2.75) is 38.6 Å². The second-order valence-electron chi connectivity index (χ2n) is 5.05. The highest BCUT2D eigenvalue weighted by molar-refractivity contribution is 8.13. The standard InChI is InChI=1S/C15H22N2OS/c1-3-4-10-18-13-7-5-12(6-8-13)15(2)9-11-19-14(16)17-15/h5-8H,3-4,9-11H2,1-2H3,(H2,16,17)/t15-/m1/s1. The maximum atomic E-state index is 5.85. The van der Waals surface area contributed by atoms with E-state index in [2.05, 4.69) is 31.0 Å². The van der Waals surface area contributed by atoms with Crippen molar-refractivity contribution in [3.63, 3.8) is 0 Å². The van der Waals surface area contributed by atoms with E-state index in [1.54, 1.807) is 11.8 Å². The third kappa shape index (κ3) is 3.66. The van der Waals surface area contributed by atoms with Gasteiger partial charge in [0.25, 0.3) is 0 Å². The molecule has 0 bridgehead atoms. The van der Waals surface area contributed by atoms with Crippen molar-refractivity contribution >= 4 is 16.9 Å². The maximum absolute atomic E-state index is 5.85. The smallest absolute Gasteiger partial charge is 0.154 e. The van der Waals surface area contributed by atoms with Gasteiger partial charge in [-0.3, -0.25) is 4.99 Å². The highest BCUT2D eigenvalue weighted by Crippen LogP contribution is 2.35. The molecule has 1 aromatic carbocycles. The molecule has 4 heteroatoms. The SMILES string of the molecule is CCCCOc1ccc([C@@]2(C)CCSC(N)=N2)cc1. The van der Waals surface area contributed by atoms with Gasteiger partial charge >= 0.3 is 0 Å². The number of hydrogen-bond donors (Lipinski definition) is 1. The zero-order chi connectivity index (χ0) is 13.7. The summed E-state index contributed by atoms with van der Waals surface area (Å²) in [4.78, 5) is 4.61. The van der Waals surface area contributed by atoms with E-state index < -0.39 is 0 Å². The van der Waals surface area contributed by atoms with Gasteiger partial charge in [0, 0.05) is 5.75 Å². The minimum absolute atomic E-state index is 0.183. The second kappa shape index (κ2) is 6.33. The first-order valence-electron chi connectivity index (χ1n) is 6.85. The molecule has 3 nitrogen and oxygen atoms in total. The van der Waals surface area contributed by atoms with Crippen molar-refractivity contribution in [2.24, 2.45) is 10.7 Å². The molecule has 0 aromatic heterocycles. The summed E-state index contributed by atoms with van der Waals surface area (Å²) >= 11 is 1.63. The average molecular weight is 278 g/mol. The molecule has 1 atom stereocenters. The quantitative estimate of drug-likeness (QED) is 0.838. The van der Waals surface area contributed by atoms with Crippen molar-refractivity contribution in [3.8, 4) is 5.75 Å². The van der Waals surface area contributed by atoms with E-state index in [1.807, 2.05) is 12.1 Å². The molecule has 0 radical (unpaired) electrons. The number of thioether (sulfide) groups is 1. The molecule has 0 unspecified atom stereocenters. The molecule has 1 heterocycles. The number of hydrogen-bond acceptors (Lipinski definition) is 4. The number of nitrogens with two attached hydrogens (primary N) is 1. The third-order valence-corrected chi connectivity index (χ3v) is 4.23. The number of benzene rings is 1. The van der Waals surface area contributed by atoms with Crippen LogP contribution in [0.4, 0.5) is 0 Å². The van der Waals surface area contributed by atoms with Crippen LogP contribution in [-0.4, -0.2) is 17.5 Å². The number of amidine groups is 1. The van der Waals surface area contributed by atoms with Gasteiger partial charge in [-0.05, 0) is 37.5 Å². The Balaban J connectivity index is 2.07. The molecule has 2 rings (SSSR count). The van der Waals surface area contributed by atoms with Crippen LogP contribution < -0.4 is 10.5 Å². The maximum Gasteiger partial charge on any atom is 0.154 e. The molecule has 0 fully saturated rings. The Hall–Kier alpha value is -1.16. The zero-order valence-corrected chi connectivity index (χ0v) is 12.5. The summed E-state index contributed by atoms with van der Waals surface area (Å²) in [6, 6.07) is 8.27. The van der Waals surface area contributed by atoms with E-state index in [4.69, 9.17) is 10.5 Å². The Morgan fingerprint density at radius 1 is 1.37 bits per heavy atom. The molecule has 2 N–H and O–H groups in total. The first-order valence-corrected chi connectivity index (χ1v) is 7.84. The van der Waals surface area contributed by atoms with E-state index in [1.165, 1.54) is 5.56 Å². The second-order valence-corrected chi connectivity index (χ2v) is 6.16. The lowest BCUT2D eigenvalue weighted by Crippen LogP contribution is -2.28. The van der Waals surface area contributed by atoms with Gasteiger partial charge in [-0.25, -0.2) is 0 Å². The monoisotopic (exact) mass is 278 g/mol. The van der Waals surface area contributed by atoms with Crippen LogP contribution in [0.1, 0.15) is 38.7 Å². The summed E-state index contributed by atoms with van der Waals surface area (Å²) in [5.74, 6) is 1.96. The van der Waals surface area contributed by atoms with E-state index >= 15 is 0 Å². The van der Waals surface area contributed by atoms with Crippen LogP contribution in [-0.2, 0) is 5.54 Å². The largest absolute Gasteiger partial charge is 0.494 e. The fraction of sp³-hybridized carbons (Fsp3) is 0.533. The number of unbranched alkanes of at least 4 members (excludes halogenated alkanes) is 1.